The molecule has 0 saturated carbocycles. The van der Waals surface area contributed by atoms with Gasteiger partial charge in [-0.3, -0.25) is 19.2 Å². The van der Waals surface area contributed by atoms with Crippen molar-refractivity contribution in [2.45, 2.75) is 86.0 Å². The molecular formula is C30H50ClN5O4. The average Bonchev–Trinajstić information content (AvgIpc) is 2.86. The maximum Gasteiger partial charge on any atom is 0.245 e. The number of carbonyl (C=O) groups excluding carboxylic acids is 4. The molecule has 0 unspecified atom stereocenters. The van der Waals surface area contributed by atoms with Crippen molar-refractivity contribution in [2.75, 3.05) is 20.6 Å². The molecule has 0 bridgehead atoms. The molecule has 0 aromatic heterocycles. The molecule has 1 aromatic carbocycles. The summed E-state index contributed by atoms with van der Waals surface area (Å²) >= 11 is 5.95. The van der Waals surface area contributed by atoms with E-state index in [9.17, 15) is 19.2 Å². The summed E-state index contributed by atoms with van der Waals surface area (Å²) in [6.45, 7) is 15.4. The minimum absolute atomic E-state index is 0.0322. The van der Waals surface area contributed by atoms with Crippen molar-refractivity contribution in [1.82, 2.24) is 26.2 Å². The quantitative estimate of drug-likeness (QED) is 0.255. The van der Waals surface area contributed by atoms with Crippen LogP contribution in [0.15, 0.2) is 24.3 Å². The van der Waals surface area contributed by atoms with Crippen LogP contribution in [0.4, 0.5) is 0 Å². The van der Waals surface area contributed by atoms with Crippen LogP contribution < -0.4 is 21.3 Å². The minimum Gasteiger partial charge on any atom is -0.354 e. The maximum absolute atomic E-state index is 13.7. The number of amides is 4. The lowest BCUT2D eigenvalue weighted by Gasteiger charge is -2.35. The molecule has 0 aliphatic rings. The van der Waals surface area contributed by atoms with Gasteiger partial charge in [0.05, 0.1) is 6.04 Å². The van der Waals surface area contributed by atoms with Gasteiger partial charge in [-0.05, 0) is 54.8 Å². The van der Waals surface area contributed by atoms with E-state index >= 15 is 0 Å². The van der Waals surface area contributed by atoms with Crippen LogP contribution in [0.5, 0.6) is 0 Å². The second-order valence-electron chi connectivity index (χ2n) is 11.8. The minimum atomic E-state index is -0.871. The second kappa shape index (κ2) is 16.6. The third-order valence-corrected chi connectivity index (χ3v) is 7.28. The molecule has 40 heavy (non-hydrogen) atoms. The number of halogens is 1. The summed E-state index contributed by atoms with van der Waals surface area (Å²) in [5.41, 5.74) is 1.04. The number of rotatable bonds is 15. The van der Waals surface area contributed by atoms with E-state index in [4.69, 9.17) is 11.6 Å². The van der Waals surface area contributed by atoms with Crippen LogP contribution in [0, 0.1) is 23.7 Å². The highest BCUT2D eigenvalue weighted by Crippen LogP contribution is 2.16. The SMILES string of the molecule is CN[C@H](C(=O)N[C@H](C(=O)N[C@H](C(=O)N(C)[C@H](C(=O)NCCc1ccc(Cl)cc1)C(C)C)C(C)C)C(C)C)C(C)C. The van der Waals surface area contributed by atoms with Crippen LogP contribution in [0.1, 0.15) is 61.0 Å². The molecule has 0 radical (unpaired) electrons. The summed E-state index contributed by atoms with van der Waals surface area (Å²) in [5, 5.41) is 12.3. The Morgan fingerprint density at radius 3 is 1.65 bits per heavy atom. The molecule has 4 amide bonds. The number of hydrogen-bond acceptors (Lipinski definition) is 5. The number of nitrogens with zero attached hydrogens (tertiary/aromatic N) is 1. The molecule has 1 rings (SSSR count). The van der Waals surface area contributed by atoms with Gasteiger partial charge in [0.1, 0.15) is 18.1 Å². The van der Waals surface area contributed by atoms with Crippen molar-refractivity contribution in [3.05, 3.63) is 34.9 Å². The molecule has 0 aliphatic heterocycles. The van der Waals surface area contributed by atoms with Gasteiger partial charge in [-0.25, -0.2) is 0 Å². The first-order valence-corrected chi connectivity index (χ1v) is 14.6. The Morgan fingerprint density at radius 2 is 1.20 bits per heavy atom. The predicted octanol–water partition coefficient (Wildman–Crippen LogP) is 3.01. The molecule has 0 heterocycles. The van der Waals surface area contributed by atoms with Crippen LogP contribution in [0.3, 0.4) is 0 Å². The summed E-state index contributed by atoms with van der Waals surface area (Å²) < 4.78 is 0. The Hall–Kier alpha value is -2.65. The van der Waals surface area contributed by atoms with E-state index in [-0.39, 0.29) is 41.4 Å². The summed E-state index contributed by atoms with van der Waals surface area (Å²) in [6.07, 6.45) is 0.629. The zero-order chi connectivity index (χ0) is 30.7. The highest BCUT2D eigenvalue weighted by atomic mass is 35.5. The summed E-state index contributed by atoms with van der Waals surface area (Å²) in [5.74, 6) is -1.91. The molecule has 1 aromatic rings. The largest absolute Gasteiger partial charge is 0.354 e. The molecule has 226 valence electrons. The van der Waals surface area contributed by atoms with Crippen molar-refractivity contribution in [2.24, 2.45) is 23.7 Å². The fourth-order valence-corrected chi connectivity index (χ4v) is 4.80. The summed E-state index contributed by atoms with van der Waals surface area (Å²) in [4.78, 5) is 54.5. The van der Waals surface area contributed by atoms with Crippen LogP contribution in [0.2, 0.25) is 5.02 Å². The van der Waals surface area contributed by atoms with Crippen molar-refractivity contribution in [1.29, 1.82) is 0 Å². The third kappa shape index (κ3) is 10.4. The first-order valence-electron chi connectivity index (χ1n) is 14.2. The van der Waals surface area contributed by atoms with Gasteiger partial charge in [0.2, 0.25) is 23.6 Å². The number of benzene rings is 1. The molecule has 0 fully saturated rings. The highest BCUT2D eigenvalue weighted by Gasteiger charge is 2.37. The average molecular weight is 580 g/mol. The van der Waals surface area contributed by atoms with E-state index in [1.54, 1.807) is 26.2 Å². The van der Waals surface area contributed by atoms with E-state index < -0.39 is 30.1 Å². The molecule has 4 N–H and O–H groups in total. The van der Waals surface area contributed by atoms with Crippen LogP contribution >= 0.6 is 11.6 Å². The standard InChI is InChI=1S/C30H50ClN5O4/c1-17(2)23(32-9)27(37)34-24(18(3)4)28(38)35-25(19(5)6)30(40)36(10)26(20(7)8)29(39)33-16-15-21-11-13-22(31)14-12-21/h11-14,17-20,23-26,32H,15-16H2,1-10H3,(H,33,39)(H,34,37)(H,35,38)/t23-,24-,25-,26-/m0/s1. The molecule has 10 heteroatoms. The number of carbonyl (C=O) groups is 4. The number of nitrogens with one attached hydrogen (secondary N) is 4. The van der Waals surface area contributed by atoms with E-state index in [1.165, 1.54) is 4.90 Å². The number of hydrogen-bond donors (Lipinski definition) is 4. The normalized spacial score (nSPS) is 14.6. The number of likely N-dealkylation sites (N-methyl/N-ethyl adjacent to an activating group) is 2. The Balaban J connectivity index is 2.99. The Morgan fingerprint density at radius 1 is 0.725 bits per heavy atom. The van der Waals surface area contributed by atoms with Crippen LogP contribution in [-0.4, -0.2) is 73.3 Å². The molecular weight excluding hydrogens is 530 g/mol. The highest BCUT2D eigenvalue weighted by molar-refractivity contribution is 6.30. The summed E-state index contributed by atoms with van der Waals surface area (Å²) in [7, 11) is 3.30. The third-order valence-electron chi connectivity index (χ3n) is 7.03. The van der Waals surface area contributed by atoms with Crippen molar-refractivity contribution >= 4 is 35.2 Å². The van der Waals surface area contributed by atoms with Gasteiger partial charge in [-0.2, -0.15) is 0 Å². The lowest BCUT2D eigenvalue weighted by atomic mass is 9.96. The smallest absolute Gasteiger partial charge is 0.245 e. The van der Waals surface area contributed by atoms with Gasteiger partial charge in [-0.15, -0.1) is 0 Å². The van der Waals surface area contributed by atoms with E-state index in [2.05, 4.69) is 21.3 Å². The first kappa shape index (κ1) is 35.4. The van der Waals surface area contributed by atoms with E-state index in [1.807, 2.05) is 67.5 Å². The van der Waals surface area contributed by atoms with Gasteiger partial charge in [0.15, 0.2) is 0 Å². The van der Waals surface area contributed by atoms with Crippen molar-refractivity contribution in [3.8, 4) is 0 Å². The Kier molecular flexibility index (Phi) is 14.7. The first-order chi connectivity index (χ1) is 18.6. The molecule has 9 nitrogen and oxygen atoms in total. The van der Waals surface area contributed by atoms with Gasteiger partial charge >= 0.3 is 0 Å². The lowest BCUT2D eigenvalue weighted by Crippen LogP contribution is -2.61. The lowest BCUT2D eigenvalue weighted by molar-refractivity contribution is -0.144. The fourth-order valence-electron chi connectivity index (χ4n) is 4.67. The summed E-state index contributed by atoms with van der Waals surface area (Å²) in [6, 6.07) is 4.57. The zero-order valence-electron chi connectivity index (χ0n) is 25.8. The fraction of sp³-hybridized carbons (Fsp3) is 0.667. The van der Waals surface area contributed by atoms with E-state index in [0.29, 0.717) is 18.0 Å². The van der Waals surface area contributed by atoms with Gasteiger partial charge < -0.3 is 26.2 Å². The molecule has 0 aliphatic carbocycles. The van der Waals surface area contributed by atoms with Crippen LogP contribution in [0.25, 0.3) is 0 Å². The van der Waals surface area contributed by atoms with Crippen molar-refractivity contribution in [3.63, 3.8) is 0 Å². The molecule has 0 saturated heterocycles. The molecule has 4 atom stereocenters. The van der Waals surface area contributed by atoms with Crippen molar-refractivity contribution < 1.29 is 19.2 Å². The monoisotopic (exact) mass is 579 g/mol. The van der Waals surface area contributed by atoms with Crippen LogP contribution in [-0.2, 0) is 25.6 Å². The van der Waals surface area contributed by atoms with E-state index in [0.717, 1.165) is 5.56 Å². The zero-order valence-corrected chi connectivity index (χ0v) is 26.6. The Labute approximate surface area is 245 Å². The Bertz CT molecular complexity index is 981. The predicted molar refractivity (Wildman–Crippen MR) is 161 cm³/mol. The van der Waals surface area contributed by atoms with Gasteiger partial charge in [-0.1, -0.05) is 79.1 Å². The van der Waals surface area contributed by atoms with Gasteiger partial charge in [0.25, 0.3) is 0 Å². The maximum atomic E-state index is 13.7. The molecule has 0 spiro atoms. The second-order valence-corrected chi connectivity index (χ2v) is 12.2. The van der Waals surface area contributed by atoms with Gasteiger partial charge in [0, 0.05) is 18.6 Å². The topological polar surface area (TPSA) is 120 Å².